The second-order valence-corrected chi connectivity index (χ2v) is 5.21. The lowest BCUT2D eigenvalue weighted by Crippen LogP contribution is -2.03. The molecule has 0 aromatic carbocycles. The maximum absolute atomic E-state index is 10.3. The first-order valence-electron chi connectivity index (χ1n) is 7.88. The number of carbonyl (C=O) groups is 2. The molecule has 0 bridgehead atoms. The van der Waals surface area contributed by atoms with Gasteiger partial charge in [0.2, 0.25) is 0 Å². The SMILES string of the molecule is O=C(O)CCC=CCC(O)C=CC=CC=CC(O)CCCC(=O)O. The fraction of sp³-hybridized carbons (Fsp3) is 0.444. The molecule has 0 amide bonds. The van der Waals surface area contributed by atoms with Gasteiger partial charge < -0.3 is 20.4 Å². The van der Waals surface area contributed by atoms with Gasteiger partial charge in [0.05, 0.1) is 12.2 Å². The number of hydrogen-bond acceptors (Lipinski definition) is 4. The molecule has 0 rings (SSSR count). The average molecular weight is 338 g/mol. The molecular weight excluding hydrogens is 312 g/mol. The second-order valence-electron chi connectivity index (χ2n) is 5.21. The van der Waals surface area contributed by atoms with Gasteiger partial charge in [-0.3, -0.25) is 9.59 Å². The molecule has 6 heteroatoms. The Kier molecular flexibility index (Phi) is 13.1. The maximum atomic E-state index is 10.3. The van der Waals surface area contributed by atoms with Crippen LogP contribution in [0.2, 0.25) is 0 Å². The van der Waals surface area contributed by atoms with Gasteiger partial charge in [0.25, 0.3) is 0 Å². The summed E-state index contributed by atoms with van der Waals surface area (Å²) in [6.07, 6.45) is 13.9. The van der Waals surface area contributed by atoms with Crippen LogP contribution in [0.1, 0.15) is 38.5 Å². The van der Waals surface area contributed by atoms with Crippen LogP contribution < -0.4 is 0 Å². The summed E-state index contributed by atoms with van der Waals surface area (Å²) in [5.41, 5.74) is 0. The summed E-state index contributed by atoms with van der Waals surface area (Å²) in [6.45, 7) is 0. The quantitative estimate of drug-likeness (QED) is 0.303. The maximum Gasteiger partial charge on any atom is 0.303 e. The van der Waals surface area contributed by atoms with Crippen molar-refractivity contribution in [2.75, 3.05) is 0 Å². The zero-order valence-electron chi connectivity index (χ0n) is 13.6. The van der Waals surface area contributed by atoms with E-state index in [1.165, 1.54) is 0 Å². The molecule has 0 aliphatic heterocycles. The highest BCUT2D eigenvalue weighted by atomic mass is 16.4. The highest BCUT2D eigenvalue weighted by Gasteiger charge is 2.01. The van der Waals surface area contributed by atoms with Crippen molar-refractivity contribution in [3.8, 4) is 0 Å². The van der Waals surface area contributed by atoms with Gasteiger partial charge in [-0.25, -0.2) is 0 Å². The Morgan fingerprint density at radius 1 is 0.792 bits per heavy atom. The van der Waals surface area contributed by atoms with Gasteiger partial charge in [0.15, 0.2) is 0 Å². The van der Waals surface area contributed by atoms with Crippen LogP contribution in [0.4, 0.5) is 0 Å². The van der Waals surface area contributed by atoms with Crippen LogP contribution in [0.3, 0.4) is 0 Å². The minimum absolute atomic E-state index is 0.0477. The number of carboxylic acids is 2. The van der Waals surface area contributed by atoms with Crippen molar-refractivity contribution in [2.45, 2.75) is 50.7 Å². The fourth-order valence-electron chi connectivity index (χ4n) is 1.71. The van der Waals surface area contributed by atoms with Crippen molar-refractivity contribution in [1.29, 1.82) is 0 Å². The van der Waals surface area contributed by atoms with Crippen molar-refractivity contribution in [2.24, 2.45) is 0 Å². The lowest BCUT2D eigenvalue weighted by molar-refractivity contribution is -0.138. The molecule has 0 fully saturated rings. The molecule has 0 aliphatic rings. The lowest BCUT2D eigenvalue weighted by atomic mass is 10.1. The summed E-state index contributed by atoms with van der Waals surface area (Å²) in [7, 11) is 0. The Balaban J connectivity index is 3.87. The van der Waals surface area contributed by atoms with E-state index in [-0.39, 0.29) is 12.8 Å². The number of carboxylic acid groups (broad SMARTS) is 2. The molecule has 0 aromatic heterocycles. The van der Waals surface area contributed by atoms with E-state index in [2.05, 4.69) is 0 Å². The molecule has 0 spiro atoms. The van der Waals surface area contributed by atoms with E-state index in [0.29, 0.717) is 25.7 Å². The van der Waals surface area contributed by atoms with Crippen LogP contribution in [0.25, 0.3) is 0 Å². The Hall–Kier alpha value is -2.18. The first kappa shape index (κ1) is 21.8. The number of aliphatic hydroxyl groups excluding tert-OH is 2. The standard InChI is InChI=1S/C18H26O6/c19-15(11-6-3-7-13-17(21)22)9-4-1-2-5-10-16(20)12-8-14-18(23)24/h1-6,9-10,15-16,19-20H,7-8,11-14H2,(H,21,22)(H,23,24). The molecule has 0 radical (unpaired) electrons. The van der Waals surface area contributed by atoms with Crippen molar-refractivity contribution < 1.29 is 30.0 Å². The summed E-state index contributed by atoms with van der Waals surface area (Å²) in [4.78, 5) is 20.6. The second kappa shape index (κ2) is 14.4. The molecule has 0 aliphatic carbocycles. The molecule has 0 aromatic rings. The van der Waals surface area contributed by atoms with E-state index < -0.39 is 24.1 Å². The molecule has 0 heterocycles. The Morgan fingerprint density at radius 3 is 1.96 bits per heavy atom. The van der Waals surface area contributed by atoms with Crippen molar-refractivity contribution in [3.63, 3.8) is 0 Å². The first-order chi connectivity index (χ1) is 11.4. The first-order valence-corrected chi connectivity index (χ1v) is 7.88. The van der Waals surface area contributed by atoms with E-state index in [9.17, 15) is 19.8 Å². The summed E-state index contributed by atoms with van der Waals surface area (Å²) in [5.74, 6) is -1.71. The van der Waals surface area contributed by atoms with E-state index in [1.807, 2.05) is 0 Å². The van der Waals surface area contributed by atoms with Crippen LogP contribution in [0, 0.1) is 0 Å². The van der Waals surface area contributed by atoms with E-state index in [1.54, 1.807) is 48.6 Å². The van der Waals surface area contributed by atoms with Gasteiger partial charge in [-0.2, -0.15) is 0 Å². The summed E-state index contributed by atoms with van der Waals surface area (Å²) < 4.78 is 0. The summed E-state index contributed by atoms with van der Waals surface area (Å²) in [6, 6.07) is 0. The number of aliphatic carboxylic acids is 2. The van der Waals surface area contributed by atoms with Crippen LogP contribution in [0.5, 0.6) is 0 Å². The topological polar surface area (TPSA) is 115 Å². The molecule has 0 saturated heterocycles. The highest BCUT2D eigenvalue weighted by molar-refractivity contribution is 5.67. The Labute approximate surface area is 142 Å². The third-order valence-electron chi connectivity index (χ3n) is 2.96. The van der Waals surface area contributed by atoms with Gasteiger partial charge in [-0.15, -0.1) is 0 Å². The monoisotopic (exact) mass is 338 g/mol. The van der Waals surface area contributed by atoms with Crippen LogP contribution in [-0.4, -0.2) is 44.6 Å². The van der Waals surface area contributed by atoms with Crippen LogP contribution in [-0.2, 0) is 9.59 Å². The molecule has 2 unspecified atom stereocenters. The molecule has 6 nitrogen and oxygen atoms in total. The van der Waals surface area contributed by atoms with Gasteiger partial charge in [-0.05, 0) is 25.7 Å². The van der Waals surface area contributed by atoms with Crippen molar-refractivity contribution >= 4 is 11.9 Å². The van der Waals surface area contributed by atoms with Gasteiger partial charge in [0.1, 0.15) is 0 Å². The molecule has 0 saturated carbocycles. The third kappa shape index (κ3) is 16.2. The number of rotatable bonds is 13. The largest absolute Gasteiger partial charge is 0.481 e. The Morgan fingerprint density at radius 2 is 1.38 bits per heavy atom. The fourth-order valence-corrected chi connectivity index (χ4v) is 1.71. The van der Waals surface area contributed by atoms with Crippen LogP contribution in [0.15, 0.2) is 48.6 Å². The number of allylic oxidation sites excluding steroid dienone is 5. The summed E-state index contributed by atoms with van der Waals surface area (Å²) in [5, 5.41) is 36.2. The van der Waals surface area contributed by atoms with Gasteiger partial charge in [-0.1, -0.05) is 48.6 Å². The molecule has 4 N–H and O–H groups in total. The number of hydrogen-bond donors (Lipinski definition) is 4. The minimum atomic E-state index is -0.869. The lowest BCUT2D eigenvalue weighted by Gasteiger charge is -2.02. The van der Waals surface area contributed by atoms with Crippen molar-refractivity contribution in [1.82, 2.24) is 0 Å². The predicted octanol–water partition coefficient (Wildman–Crippen LogP) is 2.44. The zero-order valence-corrected chi connectivity index (χ0v) is 13.6. The van der Waals surface area contributed by atoms with E-state index in [4.69, 9.17) is 10.2 Å². The van der Waals surface area contributed by atoms with Gasteiger partial charge >= 0.3 is 11.9 Å². The molecular formula is C18H26O6. The van der Waals surface area contributed by atoms with E-state index >= 15 is 0 Å². The van der Waals surface area contributed by atoms with E-state index in [0.717, 1.165) is 0 Å². The van der Waals surface area contributed by atoms with Crippen molar-refractivity contribution in [3.05, 3.63) is 48.6 Å². The number of aliphatic hydroxyl groups is 2. The molecule has 134 valence electrons. The average Bonchev–Trinajstić information content (AvgIpc) is 2.49. The normalized spacial score (nSPS) is 14.9. The van der Waals surface area contributed by atoms with Crippen LogP contribution >= 0.6 is 0 Å². The van der Waals surface area contributed by atoms with Gasteiger partial charge in [0, 0.05) is 12.8 Å². The predicted molar refractivity (Wildman–Crippen MR) is 91.5 cm³/mol. The summed E-state index contributed by atoms with van der Waals surface area (Å²) >= 11 is 0. The smallest absolute Gasteiger partial charge is 0.303 e. The Bertz CT molecular complexity index is 476. The minimum Gasteiger partial charge on any atom is -0.481 e. The highest BCUT2D eigenvalue weighted by Crippen LogP contribution is 2.02. The zero-order chi connectivity index (χ0) is 18.2. The molecule has 24 heavy (non-hydrogen) atoms. The molecule has 2 atom stereocenters. The third-order valence-corrected chi connectivity index (χ3v) is 2.96.